The summed E-state index contributed by atoms with van der Waals surface area (Å²) in [6, 6.07) is 14.9. The molecule has 0 fully saturated rings. The van der Waals surface area contributed by atoms with E-state index in [0.717, 1.165) is 28.1 Å². The van der Waals surface area contributed by atoms with Crippen LogP contribution in [0.1, 0.15) is 25.3 Å². The standard InChI is InChI=1S/C23H21BrN4O3S/c1-2-5-20-27-28-21(25)18(22(29)26-23(28)32-20)14-15-6-3-4-7-19(15)31-13-12-30-17-10-8-16(24)9-11-17/h3-4,6-11,14,25H,2,5,12-13H2,1H3/b18-14-,25-21?. The van der Waals surface area contributed by atoms with E-state index in [4.69, 9.17) is 14.9 Å². The van der Waals surface area contributed by atoms with E-state index in [-0.39, 0.29) is 11.4 Å². The number of nitrogens with one attached hydrogen (secondary N) is 1. The molecule has 2 heterocycles. The van der Waals surface area contributed by atoms with Crippen molar-refractivity contribution in [1.82, 2.24) is 5.01 Å². The Kier molecular flexibility index (Phi) is 7.06. The molecule has 1 amide bonds. The molecule has 0 radical (unpaired) electrons. The summed E-state index contributed by atoms with van der Waals surface area (Å²) in [7, 11) is 0. The van der Waals surface area contributed by atoms with E-state index in [1.165, 1.54) is 16.8 Å². The summed E-state index contributed by atoms with van der Waals surface area (Å²) in [5.41, 5.74) is 0.866. The highest BCUT2D eigenvalue weighted by atomic mass is 79.9. The fourth-order valence-corrected chi connectivity index (χ4v) is 4.33. The third-order valence-corrected chi connectivity index (χ3v) is 6.10. The molecule has 0 atom stereocenters. The van der Waals surface area contributed by atoms with Crippen LogP contribution in [0.25, 0.3) is 6.08 Å². The van der Waals surface area contributed by atoms with Crippen LogP contribution >= 0.6 is 27.7 Å². The first-order chi connectivity index (χ1) is 15.5. The number of aliphatic imine (C=N–C) groups is 1. The molecule has 0 bridgehead atoms. The Morgan fingerprint density at radius 1 is 1.12 bits per heavy atom. The molecular formula is C23H21BrN4O3S. The molecule has 0 saturated carbocycles. The first kappa shape index (κ1) is 22.3. The van der Waals surface area contributed by atoms with Crippen LogP contribution in [0.2, 0.25) is 0 Å². The number of para-hydroxylation sites is 1. The Hall–Kier alpha value is -2.91. The Labute approximate surface area is 198 Å². The SMILES string of the molecule is CCCC1=NN2C(=N)/C(=C/c3ccccc3OCCOc3ccc(Br)cc3)C(=O)N=C2S1. The third kappa shape index (κ3) is 5.11. The van der Waals surface area contributed by atoms with Gasteiger partial charge >= 0.3 is 0 Å². The van der Waals surface area contributed by atoms with Crippen LogP contribution in [0.5, 0.6) is 11.5 Å². The summed E-state index contributed by atoms with van der Waals surface area (Å²) in [5, 5.41) is 15.7. The van der Waals surface area contributed by atoms with Crippen molar-refractivity contribution in [3.8, 4) is 11.5 Å². The van der Waals surface area contributed by atoms with Gasteiger partial charge in [-0.05, 0) is 61.0 Å². The molecular weight excluding hydrogens is 492 g/mol. The zero-order chi connectivity index (χ0) is 22.5. The molecule has 2 aliphatic heterocycles. The summed E-state index contributed by atoms with van der Waals surface area (Å²) in [6.07, 6.45) is 3.36. The molecule has 1 N–H and O–H groups in total. The Balaban J connectivity index is 1.46. The lowest BCUT2D eigenvalue weighted by Crippen LogP contribution is -2.35. The van der Waals surface area contributed by atoms with Gasteiger partial charge in [0.15, 0.2) is 5.84 Å². The molecule has 164 valence electrons. The number of thioether (sulfide) groups is 1. The minimum Gasteiger partial charge on any atom is -0.490 e. The number of hydrazone groups is 1. The minimum absolute atomic E-state index is 0.0203. The van der Waals surface area contributed by atoms with Gasteiger partial charge in [0.2, 0.25) is 5.17 Å². The van der Waals surface area contributed by atoms with Gasteiger partial charge in [0, 0.05) is 10.0 Å². The zero-order valence-corrected chi connectivity index (χ0v) is 19.8. The number of ether oxygens (including phenoxy) is 2. The first-order valence-electron chi connectivity index (χ1n) is 10.1. The largest absolute Gasteiger partial charge is 0.490 e. The molecule has 0 unspecified atom stereocenters. The Bertz CT molecular complexity index is 1130. The van der Waals surface area contributed by atoms with Crippen LogP contribution in [-0.2, 0) is 4.79 Å². The van der Waals surface area contributed by atoms with Crippen molar-refractivity contribution in [1.29, 1.82) is 5.41 Å². The topological polar surface area (TPSA) is 87.3 Å². The summed E-state index contributed by atoms with van der Waals surface area (Å²) in [6.45, 7) is 2.76. The van der Waals surface area contributed by atoms with Gasteiger partial charge in [-0.2, -0.15) is 15.1 Å². The van der Waals surface area contributed by atoms with Gasteiger partial charge in [-0.25, -0.2) is 0 Å². The second-order valence-corrected chi connectivity index (χ2v) is 8.91. The molecule has 2 aromatic carbocycles. The number of rotatable bonds is 8. The monoisotopic (exact) mass is 512 g/mol. The number of halogens is 1. The van der Waals surface area contributed by atoms with Crippen molar-refractivity contribution in [2.75, 3.05) is 13.2 Å². The quantitative estimate of drug-likeness (QED) is 0.381. The van der Waals surface area contributed by atoms with E-state index in [1.807, 2.05) is 48.5 Å². The molecule has 0 saturated heterocycles. The van der Waals surface area contributed by atoms with Gasteiger partial charge in [-0.1, -0.05) is 41.1 Å². The number of hydrogen-bond acceptors (Lipinski definition) is 6. The van der Waals surface area contributed by atoms with Crippen LogP contribution in [0.15, 0.2) is 68.7 Å². The lowest BCUT2D eigenvalue weighted by Gasteiger charge is -2.20. The average Bonchev–Trinajstić information content (AvgIpc) is 3.19. The number of hydrogen-bond donors (Lipinski definition) is 1. The molecule has 0 aromatic heterocycles. The number of nitrogens with zero attached hydrogens (tertiary/aromatic N) is 3. The lowest BCUT2D eigenvalue weighted by atomic mass is 10.1. The number of benzene rings is 2. The zero-order valence-electron chi connectivity index (χ0n) is 17.4. The van der Waals surface area contributed by atoms with Crippen molar-refractivity contribution in [3.05, 3.63) is 64.1 Å². The fraction of sp³-hybridized carbons (Fsp3) is 0.217. The van der Waals surface area contributed by atoms with E-state index in [0.29, 0.717) is 29.7 Å². The molecule has 2 aliphatic rings. The minimum atomic E-state index is -0.449. The van der Waals surface area contributed by atoms with E-state index in [2.05, 4.69) is 32.9 Å². The van der Waals surface area contributed by atoms with Gasteiger partial charge in [0.05, 0.1) is 5.57 Å². The summed E-state index contributed by atoms with van der Waals surface area (Å²) in [5.74, 6) is 0.927. The van der Waals surface area contributed by atoms with Crippen LogP contribution in [0.4, 0.5) is 0 Å². The highest BCUT2D eigenvalue weighted by molar-refractivity contribution is 9.10. The molecule has 32 heavy (non-hydrogen) atoms. The summed E-state index contributed by atoms with van der Waals surface area (Å²) in [4.78, 5) is 16.7. The van der Waals surface area contributed by atoms with Crippen LogP contribution < -0.4 is 9.47 Å². The van der Waals surface area contributed by atoms with Crippen LogP contribution in [0, 0.1) is 5.41 Å². The maximum Gasteiger partial charge on any atom is 0.283 e. The average molecular weight is 513 g/mol. The van der Waals surface area contributed by atoms with Crippen molar-refractivity contribution in [2.45, 2.75) is 19.8 Å². The van der Waals surface area contributed by atoms with Crippen LogP contribution in [-0.4, -0.2) is 40.2 Å². The van der Waals surface area contributed by atoms with Crippen molar-refractivity contribution >= 4 is 55.7 Å². The molecule has 2 aromatic rings. The number of fused-ring (bicyclic) bond motifs is 1. The smallest absolute Gasteiger partial charge is 0.283 e. The Morgan fingerprint density at radius 3 is 2.66 bits per heavy atom. The first-order valence-corrected chi connectivity index (χ1v) is 11.8. The van der Waals surface area contributed by atoms with Gasteiger partial charge in [-0.3, -0.25) is 10.2 Å². The summed E-state index contributed by atoms with van der Waals surface area (Å²) < 4.78 is 12.6. The predicted molar refractivity (Wildman–Crippen MR) is 131 cm³/mol. The number of carbonyl (C=O) groups is 1. The van der Waals surface area contributed by atoms with E-state index in [1.54, 1.807) is 6.08 Å². The fourth-order valence-electron chi connectivity index (χ4n) is 3.08. The van der Waals surface area contributed by atoms with Gasteiger partial charge < -0.3 is 9.47 Å². The van der Waals surface area contributed by atoms with Crippen molar-refractivity contribution < 1.29 is 14.3 Å². The molecule has 7 nitrogen and oxygen atoms in total. The maximum atomic E-state index is 12.6. The van der Waals surface area contributed by atoms with Crippen LogP contribution in [0.3, 0.4) is 0 Å². The van der Waals surface area contributed by atoms with E-state index < -0.39 is 5.91 Å². The maximum absolute atomic E-state index is 12.6. The third-order valence-electron chi connectivity index (χ3n) is 4.60. The van der Waals surface area contributed by atoms with Gasteiger partial charge in [0.1, 0.15) is 29.8 Å². The van der Waals surface area contributed by atoms with E-state index >= 15 is 0 Å². The highest BCUT2D eigenvalue weighted by Crippen LogP contribution is 2.31. The molecule has 0 aliphatic carbocycles. The Morgan fingerprint density at radius 2 is 1.88 bits per heavy atom. The van der Waals surface area contributed by atoms with E-state index in [9.17, 15) is 4.79 Å². The highest BCUT2D eigenvalue weighted by Gasteiger charge is 2.35. The van der Waals surface area contributed by atoms with Crippen molar-refractivity contribution in [3.63, 3.8) is 0 Å². The molecule has 4 rings (SSSR count). The van der Waals surface area contributed by atoms with Crippen molar-refractivity contribution in [2.24, 2.45) is 10.1 Å². The second-order valence-electron chi connectivity index (χ2n) is 6.95. The number of carbonyl (C=O) groups excluding carboxylic acids is 1. The lowest BCUT2D eigenvalue weighted by molar-refractivity contribution is -0.114. The molecule has 9 heteroatoms. The normalized spacial score (nSPS) is 16.7. The predicted octanol–water partition coefficient (Wildman–Crippen LogP) is 5.33. The van der Waals surface area contributed by atoms with Gasteiger partial charge in [0.25, 0.3) is 5.91 Å². The number of amidine groups is 2. The number of amides is 1. The summed E-state index contributed by atoms with van der Waals surface area (Å²) >= 11 is 4.74. The molecule has 0 spiro atoms. The second kappa shape index (κ2) is 10.1. The van der Waals surface area contributed by atoms with Gasteiger partial charge in [-0.15, -0.1) is 0 Å².